The summed E-state index contributed by atoms with van der Waals surface area (Å²) in [7, 11) is 1.68. The van der Waals surface area contributed by atoms with Gasteiger partial charge in [-0.2, -0.15) is 0 Å². The molecule has 2 fully saturated rings. The van der Waals surface area contributed by atoms with E-state index >= 15 is 0 Å². The van der Waals surface area contributed by atoms with Gasteiger partial charge in [-0.3, -0.25) is 0 Å². The highest BCUT2D eigenvalue weighted by molar-refractivity contribution is 5.91. The fourth-order valence-electron chi connectivity index (χ4n) is 4.29. The Balaban J connectivity index is 1.60. The van der Waals surface area contributed by atoms with Gasteiger partial charge in [0.25, 0.3) is 0 Å². The molecule has 9 nitrogen and oxygen atoms in total. The molecule has 2 aromatic rings. The fraction of sp³-hybridized carbons (Fsp3) is 0.520. The number of nitrogens with one attached hydrogen (secondary N) is 2. The predicted molar refractivity (Wildman–Crippen MR) is 134 cm³/mol. The molecule has 184 valence electrons. The van der Waals surface area contributed by atoms with Gasteiger partial charge in [0.1, 0.15) is 11.6 Å². The van der Waals surface area contributed by atoms with E-state index in [1.165, 1.54) is 0 Å². The molecule has 2 aliphatic heterocycles. The molecule has 34 heavy (non-hydrogen) atoms. The van der Waals surface area contributed by atoms with E-state index in [2.05, 4.69) is 28.5 Å². The molecule has 9 heteroatoms. The van der Waals surface area contributed by atoms with E-state index in [-0.39, 0.29) is 12.1 Å². The van der Waals surface area contributed by atoms with E-state index in [0.29, 0.717) is 38.7 Å². The monoisotopic (exact) mass is 469 g/mol. The Labute approximate surface area is 201 Å². The predicted octanol–water partition coefficient (Wildman–Crippen LogP) is 2.94. The van der Waals surface area contributed by atoms with Crippen LogP contribution in [0.15, 0.2) is 30.3 Å². The van der Waals surface area contributed by atoms with Gasteiger partial charge in [0.05, 0.1) is 25.4 Å². The number of benzene rings is 1. The molecule has 1 aromatic heterocycles. The average molecular weight is 470 g/mol. The molecule has 0 saturated carbocycles. The van der Waals surface area contributed by atoms with Crippen LogP contribution < -0.4 is 15.5 Å². The highest BCUT2D eigenvalue weighted by atomic mass is 16.5. The summed E-state index contributed by atoms with van der Waals surface area (Å²) >= 11 is 0. The number of amides is 2. The van der Waals surface area contributed by atoms with E-state index in [0.717, 1.165) is 47.7 Å². The SMILES string of the molecule is CO[C@@H]1CCN(C(=O)Nc2ccc(C)c(-c3cc(NC[C@@H](C)O)nc(N4CCOCC4)c3)c2)C1. The van der Waals surface area contributed by atoms with Crippen LogP contribution >= 0.6 is 0 Å². The Hall–Kier alpha value is -2.88. The minimum absolute atomic E-state index is 0.0994. The van der Waals surface area contributed by atoms with Gasteiger partial charge in [0.15, 0.2) is 0 Å². The van der Waals surface area contributed by atoms with Crippen LogP contribution in [0.25, 0.3) is 11.1 Å². The molecule has 0 radical (unpaired) electrons. The van der Waals surface area contributed by atoms with Crippen LogP contribution in [0.2, 0.25) is 0 Å². The number of likely N-dealkylation sites (tertiary alicyclic amines) is 1. The Bertz CT molecular complexity index is 993. The maximum atomic E-state index is 12.8. The summed E-state index contributed by atoms with van der Waals surface area (Å²) in [6.45, 7) is 8.40. The highest BCUT2D eigenvalue weighted by Gasteiger charge is 2.26. The van der Waals surface area contributed by atoms with Crippen molar-refractivity contribution in [3.05, 3.63) is 35.9 Å². The summed E-state index contributed by atoms with van der Waals surface area (Å²) in [5.74, 6) is 1.57. The Morgan fingerprint density at radius 3 is 2.76 bits per heavy atom. The van der Waals surface area contributed by atoms with E-state index in [1.807, 2.05) is 24.3 Å². The number of carbonyl (C=O) groups is 1. The van der Waals surface area contributed by atoms with Crippen LogP contribution in [-0.4, -0.2) is 86.3 Å². The number of aliphatic hydroxyl groups excluding tert-OH is 1. The quantitative estimate of drug-likeness (QED) is 0.573. The number of morpholine rings is 1. The minimum Gasteiger partial charge on any atom is -0.392 e. The third kappa shape index (κ3) is 5.97. The van der Waals surface area contributed by atoms with Crippen LogP contribution in [0.5, 0.6) is 0 Å². The molecule has 3 heterocycles. The number of aromatic nitrogens is 1. The number of rotatable bonds is 7. The fourth-order valence-corrected chi connectivity index (χ4v) is 4.29. The summed E-state index contributed by atoms with van der Waals surface area (Å²) in [5.41, 5.74) is 3.86. The molecule has 3 N–H and O–H groups in total. The van der Waals surface area contributed by atoms with Crippen molar-refractivity contribution in [3.8, 4) is 11.1 Å². The lowest BCUT2D eigenvalue weighted by Crippen LogP contribution is -2.36. The summed E-state index contributed by atoms with van der Waals surface area (Å²) in [5, 5.41) is 16.0. The molecule has 0 bridgehead atoms. The number of hydrogen-bond donors (Lipinski definition) is 3. The van der Waals surface area contributed by atoms with Crippen molar-refractivity contribution in [2.24, 2.45) is 0 Å². The van der Waals surface area contributed by atoms with Gasteiger partial charge >= 0.3 is 6.03 Å². The zero-order chi connectivity index (χ0) is 24.1. The molecule has 2 amide bonds. The number of carbonyl (C=O) groups excluding carboxylic acids is 1. The van der Waals surface area contributed by atoms with Crippen LogP contribution in [0.3, 0.4) is 0 Å². The number of nitrogens with zero attached hydrogens (tertiary/aromatic N) is 3. The number of aliphatic hydroxyl groups is 1. The Kier molecular flexibility index (Phi) is 7.87. The number of aryl methyl sites for hydroxylation is 1. The first-order valence-electron chi connectivity index (χ1n) is 11.9. The molecule has 2 atom stereocenters. The second-order valence-corrected chi connectivity index (χ2v) is 8.98. The van der Waals surface area contributed by atoms with Gasteiger partial charge in [-0.25, -0.2) is 9.78 Å². The average Bonchev–Trinajstić information content (AvgIpc) is 3.34. The van der Waals surface area contributed by atoms with Crippen molar-refractivity contribution in [2.45, 2.75) is 32.5 Å². The molecule has 1 aromatic carbocycles. The normalized spacial score (nSPS) is 19.2. The van der Waals surface area contributed by atoms with E-state index in [4.69, 9.17) is 14.5 Å². The van der Waals surface area contributed by atoms with Crippen LogP contribution in [0, 0.1) is 6.92 Å². The lowest BCUT2D eigenvalue weighted by atomic mass is 10.00. The summed E-state index contributed by atoms with van der Waals surface area (Å²) < 4.78 is 10.9. The second-order valence-electron chi connectivity index (χ2n) is 8.98. The number of urea groups is 1. The van der Waals surface area contributed by atoms with Crippen molar-refractivity contribution in [2.75, 3.05) is 68.6 Å². The molecule has 0 aliphatic carbocycles. The van der Waals surface area contributed by atoms with Crippen molar-refractivity contribution in [1.29, 1.82) is 0 Å². The summed E-state index contributed by atoms with van der Waals surface area (Å²) in [6, 6.07) is 9.91. The lowest BCUT2D eigenvalue weighted by molar-refractivity contribution is 0.111. The molecule has 0 unspecified atom stereocenters. The summed E-state index contributed by atoms with van der Waals surface area (Å²) in [6.07, 6.45) is 0.468. The van der Waals surface area contributed by atoms with Gasteiger partial charge < -0.3 is 35.0 Å². The van der Waals surface area contributed by atoms with Crippen LogP contribution in [0.1, 0.15) is 18.9 Å². The molecular formula is C25H35N5O4. The zero-order valence-corrected chi connectivity index (χ0v) is 20.2. The van der Waals surface area contributed by atoms with Crippen molar-refractivity contribution in [1.82, 2.24) is 9.88 Å². The minimum atomic E-state index is -0.485. The van der Waals surface area contributed by atoms with Gasteiger partial charge in [-0.1, -0.05) is 6.07 Å². The zero-order valence-electron chi connectivity index (χ0n) is 20.2. The topological polar surface area (TPSA) is 99.2 Å². The number of anilines is 3. The number of pyridine rings is 1. The third-order valence-electron chi connectivity index (χ3n) is 6.29. The second kappa shape index (κ2) is 11.0. The first-order valence-corrected chi connectivity index (χ1v) is 11.9. The Morgan fingerprint density at radius 2 is 2.06 bits per heavy atom. The van der Waals surface area contributed by atoms with Gasteiger partial charge in [0.2, 0.25) is 0 Å². The standard InChI is InChI=1S/C25H35N5O4/c1-17-4-5-20(27-25(32)30-7-6-21(16-30)33-3)14-22(17)19-12-23(26-15-18(2)31)28-24(13-19)29-8-10-34-11-9-29/h4-5,12-14,18,21,31H,6-11,15-16H2,1-3H3,(H,26,28)(H,27,32)/t18-,21-/m1/s1. The lowest BCUT2D eigenvalue weighted by Gasteiger charge is -2.28. The van der Waals surface area contributed by atoms with Crippen molar-refractivity contribution < 1.29 is 19.4 Å². The van der Waals surface area contributed by atoms with Gasteiger partial charge in [0, 0.05) is 45.5 Å². The number of hydrogen-bond acceptors (Lipinski definition) is 7. The largest absolute Gasteiger partial charge is 0.392 e. The van der Waals surface area contributed by atoms with Crippen molar-refractivity contribution >= 4 is 23.4 Å². The molecule has 2 saturated heterocycles. The molecule has 4 rings (SSSR count). The molecule has 2 aliphatic rings. The summed E-state index contributed by atoms with van der Waals surface area (Å²) in [4.78, 5) is 21.5. The van der Waals surface area contributed by atoms with Gasteiger partial charge in [-0.05, 0) is 61.2 Å². The van der Waals surface area contributed by atoms with E-state index < -0.39 is 6.10 Å². The number of ether oxygens (including phenoxy) is 2. The van der Waals surface area contributed by atoms with Gasteiger partial charge in [-0.15, -0.1) is 0 Å². The molecule has 0 spiro atoms. The Morgan fingerprint density at radius 1 is 1.26 bits per heavy atom. The molecular weight excluding hydrogens is 434 g/mol. The van der Waals surface area contributed by atoms with Crippen LogP contribution in [0.4, 0.5) is 22.1 Å². The first kappa shape index (κ1) is 24.3. The van der Waals surface area contributed by atoms with E-state index in [9.17, 15) is 9.90 Å². The van der Waals surface area contributed by atoms with Crippen molar-refractivity contribution in [3.63, 3.8) is 0 Å². The highest BCUT2D eigenvalue weighted by Crippen LogP contribution is 2.31. The maximum absolute atomic E-state index is 12.8. The maximum Gasteiger partial charge on any atom is 0.321 e. The third-order valence-corrected chi connectivity index (χ3v) is 6.29. The van der Waals surface area contributed by atoms with Crippen LogP contribution in [-0.2, 0) is 9.47 Å². The number of methoxy groups -OCH3 is 1. The van der Waals surface area contributed by atoms with E-state index in [1.54, 1.807) is 18.9 Å². The smallest absolute Gasteiger partial charge is 0.321 e. The first-order chi connectivity index (χ1) is 16.4.